The standard InChI is InChI=1S/C13H12BrN3O3/c1-15-13(18)10-4-6-12(17-16-10)20-11-5-3-8(19-2)7-9(11)14/h3-7H,1-2H3,(H,15,18). The van der Waals surface area contributed by atoms with Gasteiger partial charge in [0.1, 0.15) is 11.5 Å². The van der Waals surface area contributed by atoms with Crippen LogP contribution in [0.25, 0.3) is 0 Å². The summed E-state index contributed by atoms with van der Waals surface area (Å²) >= 11 is 3.38. The zero-order chi connectivity index (χ0) is 14.5. The molecule has 1 heterocycles. The molecule has 1 aromatic carbocycles. The average molecular weight is 338 g/mol. The van der Waals surface area contributed by atoms with Gasteiger partial charge < -0.3 is 14.8 Å². The summed E-state index contributed by atoms with van der Waals surface area (Å²) in [6.07, 6.45) is 0. The predicted octanol–water partition coefficient (Wildman–Crippen LogP) is 2.40. The molecule has 0 atom stereocenters. The number of halogens is 1. The lowest BCUT2D eigenvalue weighted by Gasteiger charge is -2.08. The Morgan fingerprint density at radius 1 is 1.25 bits per heavy atom. The van der Waals surface area contributed by atoms with Gasteiger partial charge in [0.2, 0.25) is 5.88 Å². The van der Waals surface area contributed by atoms with Gasteiger partial charge in [-0.1, -0.05) is 0 Å². The van der Waals surface area contributed by atoms with E-state index in [0.29, 0.717) is 17.4 Å². The molecule has 1 aromatic heterocycles. The molecule has 6 nitrogen and oxygen atoms in total. The highest BCUT2D eigenvalue weighted by Gasteiger charge is 2.08. The summed E-state index contributed by atoms with van der Waals surface area (Å²) in [5.74, 6) is 1.29. The highest BCUT2D eigenvalue weighted by molar-refractivity contribution is 9.10. The number of aromatic nitrogens is 2. The third kappa shape index (κ3) is 3.24. The number of amides is 1. The lowest BCUT2D eigenvalue weighted by atomic mass is 10.3. The molecule has 0 radical (unpaired) electrons. The lowest BCUT2D eigenvalue weighted by Crippen LogP contribution is -2.19. The van der Waals surface area contributed by atoms with Crippen molar-refractivity contribution in [2.45, 2.75) is 0 Å². The maximum atomic E-state index is 11.3. The molecule has 0 aliphatic heterocycles. The van der Waals surface area contributed by atoms with E-state index in [1.54, 1.807) is 37.4 Å². The monoisotopic (exact) mass is 337 g/mol. The van der Waals surface area contributed by atoms with Crippen molar-refractivity contribution < 1.29 is 14.3 Å². The van der Waals surface area contributed by atoms with Crippen LogP contribution in [0.1, 0.15) is 10.5 Å². The van der Waals surface area contributed by atoms with Crippen LogP contribution in [0.5, 0.6) is 17.4 Å². The van der Waals surface area contributed by atoms with Crippen molar-refractivity contribution in [3.8, 4) is 17.4 Å². The molecule has 7 heteroatoms. The lowest BCUT2D eigenvalue weighted by molar-refractivity contribution is 0.0957. The van der Waals surface area contributed by atoms with Gasteiger partial charge in [-0.3, -0.25) is 4.79 Å². The number of hydrogen-bond acceptors (Lipinski definition) is 5. The second-order valence-corrected chi connectivity index (χ2v) is 4.59. The Morgan fingerprint density at radius 3 is 2.60 bits per heavy atom. The Bertz CT molecular complexity index is 617. The summed E-state index contributed by atoms with van der Waals surface area (Å²) in [7, 11) is 3.12. The summed E-state index contributed by atoms with van der Waals surface area (Å²) < 4.78 is 11.4. The number of nitrogens with one attached hydrogen (secondary N) is 1. The van der Waals surface area contributed by atoms with Crippen molar-refractivity contribution in [1.29, 1.82) is 0 Å². The van der Waals surface area contributed by atoms with Gasteiger partial charge in [-0.15, -0.1) is 10.2 Å². The highest BCUT2D eigenvalue weighted by atomic mass is 79.9. The molecule has 104 valence electrons. The molecule has 0 saturated heterocycles. The second-order valence-electron chi connectivity index (χ2n) is 3.73. The van der Waals surface area contributed by atoms with Crippen molar-refractivity contribution in [2.75, 3.05) is 14.2 Å². The molecule has 1 N–H and O–H groups in total. The second kappa shape index (κ2) is 6.33. The van der Waals surface area contributed by atoms with E-state index in [9.17, 15) is 4.79 Å². The van der Waals surface area contributed by atoms with Gasteiger partial charge >= 0.3 is 0 Å². The van der Waals surface area contributed by atoms with Crippen molar-refractivity contribution in [3.05, 3.63) is 40.5 Å². The predicted molar refractivity (Wildman–Crippen MR) is 76.2 cm³/mol. The van der Waals surface area contributed by atoms with E-state index >= 15 is 0 Å². The molecular weight excluding hydrogens is 326 g/mol. The molecule has 0 spiro atoms. The smallest absolute Gasteiger partial charge is 0.271 e. The zero-order valence-corrected chi connectivity index (χ0v) is 12.5. The van der Waals surface area contributed by atoms with Gasteiger partial charge in [-0.25, -0.2) is 0 Å². The van der Waals surface area contributed by atoms with Gasteiger partial charge in [0.15, 0.2) is 5.69 Å². The Labute approximate surface area is 124 Å². The zero-order valence-electron chi connectivity index (χ0n) is 10.9. The van der Waals surface area contributed by atoms with E-state index in [-0.39, 0.29) is 11.6 Å². The van der Waals surface area contributed by atoms with Crippen molar-refractivity contribution in [2.24, 2.45) is 0 Å². The fraction of sp³-hybridized carbons (Fsp3) is 0.154. The third-order valence-corrected chi connectivity index (χ3v) is 3.07. The molecule has 0 aliphatic carbocycles. The van der Waals surface area contributed by atoms with Crippen LogP contribution in [0.3, 0.4) is 0 Å². The van der Waals surface area contributed by atoms with Crippen LogP contribution in [0.2, 0.25) is 0 Å². The Hall–Kier alpha value is -2.15. The Balaban J connectivity index is 2.16. The van der Waals surface area contributed by atoms with Crippen LogP contribution < -0.4 is 14.8 Å². The van der Waals surface area contributed by atoms with E-state index in [1.807, 2.05) is 0 Å². The molecule has 0 unspecified atom stereocenters. The molecule has 0 bridgehead atoms. The molecule has 0 aliphatic rings. The van der Waals surface area contributed by atoms with Crippen LogP contribution in [0, 0.1) is 0 Å². The minimum Gasteiger partial charge on any atom is -0.497 e. The first-order chi connectivity index (χ1) is 9.63. The molecule has 0 fully saturated rings. The van der Waals surface area contributed by atoms with Gasteiger partial charge in [0, 0.05) is 13.1 Å². The van der Waals surface area contributed by atoms with Crippen LogP contribution in [0.4, 0.5) is 0 Å². The average Bonchev–Trinajstić information content (AvgIpc) is 2.49. The maximum Gasteiger partial charge on any atom is 0.271 e. The van der Waals surface area contributed by atoms with Crippen LogP contribution in [0.15, 0.2) is 34.8 Å². The molecule has 1 amide bonds. The summed E-state index contributed by atoms with van der Waals surface area (Å²) in [5, 5.41) is 10.1. The number of hydrogen-bond donors (Lipinski definition) is 1. The number of carbonyl (C=O) groups is 1. The molecular formula is C13H12BrN3O3. The van der Waals surface area contributed by atoms with Crippen LogP contribution in [-0.2, 0) is 0 Å². The fourth-order valence-corrected chi connectivity index (χ4v) is 1.87. The minimum absolute atomic E-state index is 0.230. The van der Waals surface area contributed by atoms with Crippen molar-refractivity contribution >= 4 is 21.8 Å². The maximum absolute atomic E-state index is 11.3. The number of ether oxygens (including phenoxy) is 2. The molecule has 0 saturated carbocycles. The van der Waals surface area contributed by atoms with Crippen molar-refractivity contribution in [3.63, 3.8) is 0 Å². The summed E-state index contributed by atoms with van der Waals surface area (Å²) in [5.41, 5.74) is 0.230. The molecule has 20 heavy (non-hydrogen) atoms. The first-order valence-corrected chi connectivity index (χ1v) is 6.50. The quantitative estimate of drug-likeness (QED) is 0.927. The number of nitrogens with zero attached hydrogens (tertiary/aromatic N) is 2. The SMILES string of the molecule is CNC(=O)c1ccc(Oc2ccc(OC)cc2Br)nn1. The number of carbonyl (C=O) groups excluding carboxylic acids is 1. The number of benzene rings is 1. The van der Waals surface area contributed by atoms with Gasteiger partial charge in [0.25, 0.3) is 5.91 Å². The largest absolute Gasteiger partial charge is 0.497 e. The summed E-state index contributed by atoms with van der Waals surface area (Å²) in [4.78, 5) is 11.3. The normalized spacial score (nSPS) is 9.95. The van der Waals surface area contributed by atoms with E-state index in [1.165, 1.54) is 7.05 Å². The fourth-order valence-electron chi connectivity index (χ4n) is 1.43. The first kappa shape index (κ1) is 14.3. The minimum atomic E-state index is -0.297. The van der Waals surface area contributed by atoms with Gasteiger partial charge in [-0.05, 0) is 40.2 Å². The van der Waals surface area contributed by atoms with Gasteiger partial charge in [0.05, 0.1) is 11.6 Å². The van der Waals surface area contributed by atoms with Crippen molar-refractivity contribution in [1.82, 2.24) is 15.5 Å². The summed E-state index contributed by atoms with van der Waals surface area (Å²) in [6, 6.07) is 8.41. The number of rotatable bonds is 4. The highest BCUT2D eigenvalue weighted by Crippen LogP contribution is 2.31. The number of methoxy groups -OCH3 is 1. The van der Waals surface area contributed by atoms with E-state index in [2.05, 4.69) is 31.4 Å². The van der Waals surface area contributed by atoms with E-state index in [4.69, 9.17) is 9.47 Å². The van der Waals surface area contributed by atoms with Gasteiger partial charge in [-0.2, -0.15) is 0 Å². The van der Waals surface area contributed by atoms with Crippen LogP contribution in [-0.4, -0.2) is 30.3 Å². The molecule has 2 rings (SSSR count). The van der Waals surface area contributed by atoms with E-state index in [0.717, 1.165) is 4.47 Å². The first-order valence-electron chi connectivity index (χ1n) is 5.71. The third-order valence-electron chi connectivity index (χ3n) is 2.45. The van der Waals surface area contributed by atoms with Crippen LogP contribution >= 0.6 is 15.9 Å². The molecule has 2 aromatic rings. The van der Waals surface area contributed by atoms with E-state index < -0.39 is 0 Å². The Kier molecular flexibility index (Phi) is 4.52. The summed E-state index contributed by atoms with van der Waals surface area (Å²) in [6.45, 7) is 0. The Morgan fingerprint density at radius 2 is 2.05 bits per heavy atom. The topological polar surface area (TPSA) is 73.3 Å².